The first-order valence-corrected chi connectivity index (χ1v) is 5.40. The minimum absolute atomic E-state index is 0.0350. The summed E-state index contributed by atoms with van der Waals surface area (Å²) >= 11 is 0. The molecule has 0 spiro atoms. The summed E-state index contributed by atoms with van der Waals surface area (Å²) in [6.45, 7) is 1.60. The molecule has 15 heavy (non-hydrogen) atoms. The Morgan fingerprint density at radius 3 is 2.73 bits per heavy atom. The standard InChI is InChI=1S/C10H19NO4/c12-5-7-15-6-1-4-11-9(10(13)14)8-2-3-8/h8-9,11-12H,1-7H2,(H,13,14). The van der Waals surface area contributed by atoms with Gasteiger partial charge in [0.1, 0.15) is 6.04 Å². The molecule has 0 amide bonds. The average Bonchev–Trinajstić information content (AvgIpc) is 3.00. The van der Waals surface area contributed by atoms with Gasteiger partial charge >= 0.3 is 5.97 Å². The third-order valence-electron chi connectivity index (χ3n) is 2.42. The van der Waals surface area contributed by atoms with Crippen LogP contribution in [0.4, 0.5) is 0 Å². The SMILES string of the molecule is O=C(O)C(NCCCOCCO)C1CC1. The molecule has 0 aromatic carbocycles. The summed E-state index contributed by atoms with van der Waals surface area (Å²) in [5.74, 6) is -0.436. The van der Waals surface area contributed by atoms with Crippen LogP contribution in [0.2, 0.25) is 0 Å². The first-order valence-electron chi connectivity index (χ1n) is 5.40. The fourth-order valence-electron chi connectivity index (χ4n) is 1.48. The lowest BCUT2D eigenvalue weighted by Crippen LogP contribution is -2.39. The number of carboxylic acids is 1. The molecule has 5 heteroatoms. The number of hydrogen-bond acceptors (Lipinski definition) is 4. The zero-order valence-electron chi connectivity index (χ0n) is 8.82. The summed E-state index contributed by atoms with van der Waals surface area (Å²) in [5, 5.41) is 20.4. The Labute approximate surface area is 89.4 Å². The summed E-state index contributed by atoms with van der Waals surface area (Å²) in [7, 11) is 0. The van der Waals surface area contributed by atoms with Gasteiger partial charge in [0, 0.05) is 6.61 Å². The monoisotopic (exact) mass is 217 g/mol. The summed E-state index contributed by atoms with van der Waals surface area (Å²) in [4.78, 5) is 10.8. The van der Waals surface area contributed by atoms with Gasteiger partial charge in [0.2, 0.25) is 0 Å². The Morgan fingerprint density at radius 2 is 2.20 bits per heavy atom. The van der Waals surface area contributed by atoms with Crippen LogP contribution in [-0.2, 0) is 9.53 Å². The fourth-order valence-corrected chi connectivity index (χ4v) is 1.48. The van der Waals surface area contributed by atoms with Crippen LogP contribution in [0.1, 0.15) is 19.3 Å². The van der Waals surface area contributed by atoms with E-state index >= 15 is 0 Å². The lowest BCUT2D eigenvalue weighted by atomic mass is 10.2. The number of aliphatic hydroxyl groups is 1. The van der Waals surface area contributed by atoms with Crippen molar-refractivity contribution in [2.45, 2.75) is 25.3 Å². The molecule has 1 aliphatic carbocycles. The second-order valence-corrected chi connectivity index (χ2v) is 3.80. The normalized spacial score (nSPS) is 17.7. The Balaban J connectivity index is 1.99. The lowest BCUT2D eigenvalue weighted by Gasteiger charge is -2.13. The minimum atomic E-state index is -0.756. The Kier molecular flexibility index (Phi) is 5.60. The molecule has 1 aliphatic rings. The van der Waals surface area contributed by atoms with Crippen molar-refractivity contribution in [3.63, 3.8) is 0 Å². The first kappa shape index (κ1) is 12.4. The highest BCUT2D eigenvalue weighted by Crippen LogP contribution is 2.32. The van der Waals surface area contributed by atoms with Crippen LogP contribution in [0.3, 0.4) is 0 Å². The topological polar surface area (TPSA) is 78.8 Å². The molecule has 5 nitrogen and oxygen atoms in total. The van der Waals surface area contributed by atoms with E-state index in [-0.39, 0.29) is 12.6 Å². The van der Waals surface area contributed by atoms with Gasteiger partial charge in [-0.25, -0.2) is 0 Å². The van der Waals surface area contributed by atoms with E-state index in [1.165, 1.54) is 0 Å². The molecule has 1 unspecified atom stereocenters. The van der Waals surface area contributed by atoms with Gasteiger partial charge in [-0.05, 0) is 31.7 Å². The van der Waals surface area contributed by atoms with Gasteiger partial charge in [0.25, 0.3) is 0 Å². The summed E-state index contributed by atoms with van der Waals surface area (Å²) in [6, 6.07) is -0.386. The van der Waals surface area contributed by atoms with Crippen LogP contribution in [0, 0.1) is 5.92 Å². The highest BCUT2D eigenvalue weighted by Gasteiger charge is 2.35. The molecular formula is C10H19NO4. The third-order valence-corrected chi connectivity index (χ3v) is 2.42. The Morgan fingerprint density at radius 1 is 1.47 bits per heavy atom. The van der Waals surface area contributed by atoms with E-state index in [0.717, 1.165) is 19.3 Å². The van der Waals surface area contributed by atoms with E-state index in [4.69, 9.17) is 14.9 Å². The Bertz CT molecular complexity index is 194. The quantitative estimate of drug-likeness (QED) is 0.468. The van der Waals surface area contributed by atoms with Gasteiger partial charge in [-0.15, -0.1) is 0 Å². The zero-order valence-corrected chi connectivity index (χ0v) is 8.82. The first-order chi connectivity index (χ1) is 7.25. The number of carbonyl (C=O) groups is 1. The molecule has 0 radical (unpaired) electrons. The number of hydrogen-bond donors (Lipinski definition) is 3. The summed E-state index contributed by atoms with van der Waals surface area (Å²) in [5.41, 5.74) is 0. The van der Waals surface area contributed by atoms with E-state index < -0.39 is 5.97 Å². The maximum absolute atomic E-state index is 10.8. The van der Waals surface area contributed by atoms with E-state index in [1.807, 2.05) is 0 Å². The molecule has 1 fully saturated rings. The highest BCUT2D eigenvalue weighted by molar-refractivity contribution is 5.74. The molecule has 0 aliphatic heterocycles. The highest BCUT2D eigenvalue weighted by atomic mass is 16.5. The maximum atomic E-state index is 10.8. The Hall–Kier alpha value is -0.650. The summed E-state index contributed by atoms with van der Waals surface area (Å²) < 4.78 is 5.06. The van der Waals surface area contributed by atoms with Crippen molar-refractivity contribution in [1.82, 2.24) is 5.32 Å². The molecule has 0 saturated heterocycles. The molecule has 0 aromatic heterocycles. The molecule has 0 aromatic rings. The largest absolute Gasteiger partial charge is 0.480 e. The van der Waals surface area contributed by atoms with Gasteiger partial charge in [-0.3, -0.25) is 4.79 Å². The third kappa shape index (κ3) is 5.11. The number of nitrogens with one attached hydrogen (secondary N) is 1. The van der Waals surface area contributed by atoms with Crippen molar-refractivity contribution in [1.29, 1.82) is 0 Å². The predicted molar refractivity (Wildman–Crippen MR) is 54.7 cm³/mol. The van der Waals surface area contributed by atoms with Crippen molar-refractivity contribution >= 4 is 5.97 Å². The van der Waals surface area contributed by atoms with E-state index in [1.54, 1.807) is 0 Å². The maximum Gasteiger partial charge on any atom is 0.320 e. The van der Waals surface area contributed by atoms with Gasteiger partial charge in [0.15, 0.2) is 0 Å². The van der Waals surface area contributed by atoms with Crippen LogP contribution in [0.5, 0.6) is 0 Å². The van der Waals surface area contributed by atoms with E-state index in [9.17, 15) is 4.79 Å². The number of aliphatic hydroxyl groups excluding tert-OH is 1. The van der Waals surface area contributed by atoms with Gasteiger partial charge in [-0.2, -0.15) is 0 Å². The second-order valence-electron chi connectivity index (χ2n) is 3.80. The zero-order chi connectivity index (χ0) is 11.1. The number of rotatable bonds is 9. The lowest BCUT2D eigenvalue weighted by molar-refractivity contribution is -0.140. The van der Waals surface area contributed by atoms with Crippen molar-refractivity contribution < 1.29 is 19.7 Å². The molecule has 88 valence electrons. The fraction of sp³-hybridized carbons (Fsp3) is 0.900. The minimum Gasteiger partial charge on any atom is -0.480 e. The molecule has 0 heterocycles. The second kappa shape index (κ2) is 6.76. The van der Waals surface area contributed by atoms with Gasteiger partial charge in [0.05, 0.1) is 13.2 Å². The van der Waals surface area contributed by atoms with E-state index in [0.29, 0.717) is 25.7 Å². The number of carboxylic acid groups (broad SMARTS) is 1. The number of aliphatic carboxylic acids is 1. The molecule has 3 N–H and O–H groups in total. The smallest absolute Gasteiger partial charge is 0.320 e. The van der Waals surface area contributed by atoms with Crippen molar-refractivity contribution in [2.75, 3.05) is 26.4 Å². The van der Waals surface area contributed by atoms with E-state index in [2.05, 4.69) is 5.32 Å². The molecule has 1 saturated carbocycles. The molecule has 0 bridgehead atoms. The van der Waals surface area contributed by atoms with Crippen molar-refractivity contribution in [3.05, 3.63) is 0 Å². The van der Waals surface area contributed by atoms with Gasteiger partial charge < -0.3 is 20.3 Å². The average molecular weight is 217 g/mol. The molecule has 1 rings (SSSR count). The molecule has 1 atom stereocenters. The van der Waals surface area contributed by atoms with Crippen LogP contribution in [-0.4, -0.2) is 48.6 Å². The number of ether oxygens (including phenoxy) is 1. The van der Waals surface area contributed by atoms with Crippen LogP contribution in [0.25, 0.3) is 0 Å². The van der Waals surface area contributed by atoms with Crippen molar-refractivity contribution in [2.24, 2.45) is 5.92 Å². The van der Waals surface area contributed by atoms with Crippen LogP contribution in [0.15, 0.2) is 0 Å². The van der Waals surface area contributed by atoms with Crippen molar-refractivity contribution in [3.8, 4) is 0 Å². The van der Waals surface area contributed by atoms with Gasteiger partial charge in [-0.1, -0.05) is 0 Å². The predicted octanol–water partition coefficient (Wildman–Crippen LogP) is -0.162. The van der Waals surface area contributed by atoms with Crippen LogP contribution < -0.4 is 5.32 Å². The summed E-state index contributed by atoms with van der Waals surface area (Å²) in [6.07, 6.45) is 2.81. The van der Waals surface area contributed by atoms with Crippen LogP contribution >= 0.6 is 0 Å². The molecular weight excluding hydrogens is 198 g/mol.